The molecule has 0 atom stereocenters. The molecule has 2 aromatic carbocycles. The summed E-state index contributed by atoms with van der Waals surface area (Å²) in [5.74, 6) is -1.25. The number of benzene rings is 2. The Morgan fingerprint density at radius 3 is 2.22 bits per heavy atom. The zero-order chi connectivity index (χ0) is 13.1. The van der Waals surface area contributed by atoms with Gasteiger partial charge in [-0.05, 0) is 35.4 Å². The van der Waals surface area contributed by atoms with Crippen molar-refractivity contribution in [3.8, 4) is 16.9 Å². The van der Waals surface area contributed by atoms with Crippen LogP contribution >= 0.6 is 0 Å². The van der Waals surface area contributed by atoms with E-state index < -0.39 is 11.8 Å². The molecule has 0 saturated heterocycles. The van der Waals surface area contributed by atoms with Gasteiger partial charge in [-0.2, -0.15) is 0 Å². The molecule has 92 valence electrons. The van der Waals surface area contributed by atoms with Crippen molar-refractivity contribution >= 4 is 5.97 Å². The van der Waals surface area contributed by atoms with Crippen molar-refractivity contribution in [2.75, 3.05) is 7.11 Å². The fourth-order valence-corrected chi connectivity index (χ4v) is 1.65. The number of hydrogen-bond donors (Lipinski definition) is 1. The van der Waals surface area contributed by atoms with Crippen molar-refractivity contribution in [1.82, 2.24) is 0 Å². The molecule has 4 heteroatoms. The van der Waals surface area contributed by atoms with Crippen LogP contribution < -0.4 is 4.74 Å². The van der Waals surface area contributed by atoms with Gasteiger partial charge in [-0.25, -0.2) is 9.18 Å². The topological polar surface area (TPSA) is 46.5 Å². The molecule has 18 heavy (non-hydrogen) atoms. The van der Waals surface area contributed by atoms with Crippen LogP contribution in [0.2, 0.25) is 0 Å². The Morgan fingerprint density at radius 1 is 1.11 bits per heavy atom. The lowest BCUT2D eigenvalue weighted by atomic mass is 10.0. The summed E-state index contributed by atoms with van der Waals surface area (Å²) >= 11 is 0. The number of aromatic carboxylic acids is 1. The van der Waals surface area contributed by atoms with Crippen molar-refractivity contribution in [2.45, 2.75) is 0 Å². The highest BCUT2D eigenvalue weighted by atomic mass is 19.1. The van der Waals surface area contributed by atoms with Crippen LogP contribution in [0.3, 0.4) is 0 Å². The summed E-state index contributed by atoms with van der Waals surface area (Å²) < 4.78 is 18.4. The van der Waals surface area contributed by atoms with E-state index >= 15 is 0 Å². The Bertz CT molecular complexity index is 576. The predicted octanol–water partition coefficient (Wildman–Crippen LogP) is 3.20. The Labute approximate surface area is 103 Å². The quantitative estimate of drug-likeness (QED) is 0.904. The number of hydrogen-bond acceptors (Lipinski definition) is 2. The second-order valence-corrected chi connectivity index (χ2v) is 3.73. The van der Waals surface area contributed by atoms with E-state index in [1.165, 1.54) is 31.4 Å². The maximum Gasteiger partial charge on any atom is 0.335 e. The standard InChI is InChI=1S/C14H11FO3/c1-18-13-7-6-11(8-12(13)15)9-2-4-10(5-3-9)14(16)17/h2-8H,1H3,(H,16,17). The van der Waals surface area contributed by atoms with Crippen LogP contribution in [0, 0.1) is 5.82 Å². The second kappa shape index (κ2) is 4.87. The highest BCUT2D eigenvalue weighted by molar-refractivity contribution is 5.88. The van der Waals surface area contributed by atoms with Gasteiger partial charge in [0.1, 0.15) is 0 Å². The third kappa shape index (κ3) is 2.32. The minimum absolute atomic E-state index is 0.181. The number of carboxylic acids is 1. The number of ether oxygens (including phenoxy) is 1. The predicted molar refractivity (Wildman–Crippen MR) is 65.3 cm³/mol. The number of carbonyl (C=O) groups is 1. The average molecular weight is 246 g/mol. The summed E-state index contributed by atoms with van der Waals surface area (Å²) in [7, 11) is 1.40. The molecule has 0 spiro atoms. The van der Waals surface area contributed by atoms with E-state index in [9.17, 15) is 9.18 Å². The SMILES string of the molecule is COc1ccc(-c2ccc(C(=O)O)cc2)cc1F. The lowest BCUT2D eigenvalue weighted by Gasteiger charge is -2.05. The first-order chi connectivity index (χ1) is 8.61. The molecule has 0 amide bonds. The van der Waals surface area contributed by atoms with E-state index in [0.717, 1.165) is 5.56 Å². The molecule has 1 N–H and O–H groups in total. The molecule has 2 aromatic rings. The molecule has 2 rings (SSSR count). The third-order valence-corrected chi connectivity index (χ3v) is 2.62. The van der Waals surface area contributed by atoms with Gasteiger partial charge in [0.15, 0.2) is 11.6 Å². The Balaban J connectivity index is 2.36. The maximum absolute atomic E-state index is 13.5. The van der Waals surface area contributed by atoms with E-state index in [1.54, 1.807) is 18.2 Å². The van der Waals surface area contributed by atoms with Crippen LogP contribution in [0.5, 0.6) is 5.75 Å². The zero-order valence-electron chi connectivity index (χ0n) is 9.68. The average Bonchev–Trinajstić information content (AvgIpc) is 2.38. The molecule has 0 heterocycles. The summed E-state index contributed by atoms with van der Waals surface area (Å²) in [5.41, 5.74) is 1.62. The lowest BCUT2D eigenvalue weighted by molar-refractivity contribution is 0.0697. The lowest BCUT2D eigenvalue weighted by Crippen LogP contribution is -1.95. The molecular formula is C14H11FO3. The smallest absolute Gasteiger partial charge is 0.335 e. The van der Waals surface area contributed by atoms with Gasteiger partial charge in [0.2, 0.25) is 0 Å². The molecule has 0 fully saturated rings. The van der Waals surface area contributed by atoms with Crippen molar-refractivity contribution < 1.29 is 19.0 Å². The highest BCUT2D eigenvalue weighted by Crippen LogP contribution is 2.25. The van der Waals surface area contributed by atoms with Crippen molar-refractivity contribution in [3.63, 3.8) is 0 Å². The van der Waals surface area contributed by atoms with Crippen LogP contribution in [0.4, 0.5) is 4.39 Å². The van der Waals surface area contributed by atoms with E-state index in [-0.39, 0.29) is 11.3 Å². The molecule has 0 aliphatic carbocycles. The van der Waals surface area contributed by atoms with Crippen molar-refractivity contribution in [2.24, 2.45) is 0 Å². The maximum atomic E-state index is 13.5. The summed E-state index contributed by atoms with van der Waals surface area (Å²) in [4.78, 5) is 10.7. The van der Waals surface area contributed by atoms with Crippen LogP contribution in [-0.2, 0) is 0 Å². The van der Waals surface area contributed by atoms with Gasteiger partial charge < -0.3 is 9.84 Å². The first-order valence-electron chi connectivity index (χ1n) is 5.29. The normalized spacial score (nSPS) is 10.1. The van der Waals surface area contributed by atoms with Crippen LogP contribution in [-0.4, -0.2) is 18.2 Å². The molecule has 0 aromatic heterocycles. The Hall–Kier alpha value is -2.36. The van der Waals surface area contributed by atoms with Gasteiger partial charge in [0, 0.05) is 0 Å². The summed E-state index contributed by atoms with van der Waals surface area (Å²) in [6, 6.07) is 10.9. The van der Waals surface area contributed by atoms with Crippen molar-refractivity contribution in [1.29, 1.82) is 0 Å². The first-order valence-corrected chi connectivity index (χ1v) is 5.29. The molecule has 0 aliphatic rings. The molecule has 0 saturated carbocycles. The summed E-state index contributed by atoms with van der Waals surface area (Å²) in [5, 5.41) is 8.78. The minimum atomic E-state index is -0.984. The van der Waals surface area contributed by atoms with Crippen LogP contribution in [0.1, 0.15) is 10.4 Å². The zero-order valence-corrected chi connectivity index (χ0v) is 9.68. The van der Waals surface area contributed by atoms with Crippen molar-refractivity contribution in [3.05, 3.63) is 53.8 Å². The molecule has 3 nitrogen and oxygen atoms in total. The largest absolute Gasteiger partial charge is 0.494 e. The van der Waals surface area contributed by atoms with Gasteiger partial charge in [-0.3, -0.25) is 0 Å². The summed E-state index contributed by atoms with van der Waals surface area (Å²) in [6.07, 6.45) is 0. The van der Waals surface area contributed by atoms with E-state index in [0.29, 0.717) is 5.56 Å². The van der Waals surface area contributed by atoms with E-state index in [2.05, 4.69) is 0 Å². The van der Waals surface area contributed by atoms with E-state index in [1.807, 2.05) is 0 Å². The molecule has 0 unspecified atom stereocenters. The second-order valence-electron chi connectivity index (χ2n) is 3.73. The Morgan fingerprint density at radius 2 is 1.72 bits per heavy atom. The number of rotatable bonds is 3. The number of halogens is 1. The van der Waals surface area contributed by atoms with Gasteiger partial charge in [-0.15, -0.1) is 0 Å². The third-order valence-electron chi connectivity index (χ3n) is 2.62. The monoisotopic (exact) mass is 246 g/mol. The molecule has 0 radical (unpaired) electrons. The number of methoxy groups -OCH3 is 1. The van der Waals surface area contributed by atoms with Gasteiger partial charge in [0.05, 0.1) is 12.7 Å². The highest BCUT2D eigenvalue weighted by Gasteiger charge is 2.06. The van der Waals surface area contributed by atoms with Crippen LogP contribution in [0.25, 0.3) is 11.1 Å². The molecule has 0 bridgehead atoms. The summed E-state index contributed by atoms with van der Waals surface area (Å²) in [6.45, 7) is 0. The minimum Gasteiger partial charge on any atom is -0.494 e. The fourth-order valence-electron chi connectivity index (χ4n) is 1.65. The van der Waals surface area contributed by atoms with Gasteiger partial charge >= 0.3 is 5.97 Å². The fraction of sp³-hybridized carbons (Fsp3) is 0.0714. The Kier molecular flexibility index (Phi) is 3.28. The van der Waals surface area contributed by atoms with E-state index in [4.69, 9.17) is 9.84 Å². The van der Waals surface area contributed by atoms with Gasteiger partial charge in [-0.1, -0.05) is 18.2 Å². The molecular weight excluding hydrogens is 235 g/mol. The van der Waals surface area contributed by atoms with Gasteiger partial charge in [0.25, 0.3) is 0 Å². The van der Waals surface area contributed by atoms with Crippen LogP contribution in [0.15, 0.2) is 42.5 Å². The first kappa shape index (κ1) is 12.1. The number of carboxylic acid groups (broad SMARTS) is 1. The molecule has 0 aliphatic heterocycles.